The molecule has 0 aliphatic heterocycles. The van der Waals surface area contributed by atoms with Crippen LogP contribution in [0.25, 0.3) is 0 Å². The van der Waals surface area contributed by atoms with Crippen LogP contribution < -0.4 is 4.74 Å². The van der Waals surface area contributed by atoms with E-state index in [1.54, 1.807) is 7.11 Å². The molecule has 0 heterocycles. The lowest BCUT2D eigenvalue weighted by molar-refractivity contribution is 0.239. The Morgan fingerprint density at radius 1 is 0.800 bits per heavy atom. The molecule has 1 atom stereocenters. The molecule has 0 saturated carbocycles. The lowest BCUT2D eigenvalue weighted by Gasteiger charge is -2.27. The zero-order valence-electron chi connectivity index (χ0n) is 12.6. The number of benzene rings is 2. The second-order valence-corrected chi connectivity index (χ2v) is 10.3. The molecular formula is C17H22O2Si. The van der Waals surface area contributed by atoms with Gasteiger partial charge in [-0.15, -0.1) is 0 Å². The summed E-state index contributed by atoms with van der Waals surface area (Å²) in [6.45, 7) is 6.64. The highest BCUT2D eigenvalue weighted by Crippen LogP contribution is 2.30. The van der Waals surface area contributed by atoms with Gasteiger partial charge in [-0.05, 0) is 42.9 Å². The van der Waals surface area contributed by atoms with Gasteiger partial charge in [-0.25, -0.2) is 0 Å². The highest BCUT2D eigenvalue weighted by Gasteiger charge is 2.23. The van der Waals surface area contributed by atoms with Crippen molar-refractivity contribution >= 4 is 8.32 Å². The number of methoxy groups -OCH3 is 1. The van der Waals surface area contributed by atoms with Crippen molar-refractivity contribution in [2.45, 2.75) is 25.7 Å². The third-order valence-electron chi connectivity index (χ3n) is 2.99. The Morgan fingerprint density at radius 3 is 1.85 bits per heavy atom. The molecule has 3 heteroatoms. The fourth-order valence-corrected chi connectivity index (χ4v) is 3.07. The number of ether oxygens (including phenoxy) is 1. The minimum Gasteiger partial charge on any atom is -0.497 e. The van der Waals surface area contributed by atoms with Crippen molar-refractivity contribution < 1.29 is 9.16 Å². The van der Waals surface area contributed by atoms with Gasteiger partial charge in [0.25, 0.3) is 0 Å². The molecule has 0 saturated heterocycles. The van der Waals surface area contributed by atoms with E-state index in [1.807, 2.05) is 18.2 Å². The zero-order chi connectivity index (χ0) is 14.6. The van der Waals surface area contributed by atoms with E-state index >= 15 is 0 Å². The summed E-state index contributed by atoms with van der Waals surface area (Å²) in [5, 5.41) is 0. The summed E-state index contributed by atoms with van der Waals surface area (Å²) in [5.74, 6) is 0.869. The van der Waals surface area contributed by atoms with Gasteiger partial charge in [0.05, 0.1) is 13.2 Å². The van der Waals surface area contributed by atoms with Crippen LogP contribution in [0.4, 0.5) is 0 Å². The van der Waals surface area contributed by atoms with Crippen LogP contribution in [0.1, 0.15) is 17.2 Å². The molecule has 0 spiro atoms. The van der Waals surface area contributed by atoms with Crippen molar-refractivity contribution in [1.82, 2.24) is 0 Å². The molecule has 2 aromatic rings. The third-order valence-corrected chi connectivity index (χ3v) is 3.94. The van der Waals surface area contributed by atoms with Crippen LogP contribution in [-0.4, -0.2) is 15.4 Å². The predicted octanol–water partition coefficient (Wildman–Crippen LogP) is 4.64. The first-order valence-corrected chi connectivity index (χ1v) is 10.3. The Bertz CT molecular complexity index is 529. The topological polar surface area (TPSA) is 18.5 Å². The summed E-state index contributed by atoms with van der Waals surface area (Å²) in [7, 11) is 0.0438. The van der Waals surface area contributed by atoms with Crippen molar-refractivity contribution in [1.29, 1.82) is 0 Å². The maximum Gasteiger partial charge on any atom is 0.185 e. The van der Waals surface area contributed by atoms with Crippen LogP contribution >= 0.6 is 0 Å². The molecule has 0 aliphatic carbocycles. The fraction of sp³-hybridized carbons (Fsp3) is 0.294. The van der Waals surface area contributed by atoms with Crippen molar-refractivity contribution in [3.8, 4) is 5.75 Å². The molecule has 0 aliphatic rings. The Kier molecular flexibility index (Phi) is 4.63. The van der Waals surface area contributed by atoms with Crippen molar-refractivity contribution in [2.75, 3.05) is 7.11 Å². The normalized spacial score (nSPS) is 13.0. The minimum absolute atomic E-state index is 0.00577. The van der Waals surface area contributed by atoms with Gasteiger partial charge in [-0.2, -0.15) is 0 Å². The van der Waals surface area contributed by atoms with Gasteiger partial charge in [0.2, 0.25) is 0 Å². The second-order valence-electron chi connectivity index (χ2n) is 5.79. The highest BCUT2D eigenvalue weighted by atomic mass is 28.4. The quantitative estimate of drug-likeness (QED) is 0.746. The van der Waals surface area contributed by atoms with E-state index < -0.39 is 8.32 Å². The van der Waals surface area contributed by atoms with Gasteiger partial charge in [0, 0.05) is 0 Å². The summed E-state index contributed by atoms with van der Waals surface area (Å²) in [6, 6.07) is 18.5. The molecular weight excluding hydrogens is 264 g/mol. The maximum absolute atomic E-state index is 6.38. The van der Waals surface area contributed by atoms with Crippen LogP contribution in [0.15, 0.2) is 54.6 Å². The van der Waals surface area contributed by atoms with Crippen molar-refractivity contribution in [3.63, 3.8) is 0 Å². The first-order valence-electron chi connectivity index (χ1n) is 6.86. The van der Waals surface area contributed by atoms with E-state index in [-0.39, 0.29) is 6.10 Å². The zero-order valence-corrected chi connectivity index (χ0v) is 13.6. The largest absolute Gasteiger partial charge is 0.497 e. The van der Waals surface area contributed by atoms with Gasteiger partial charge in [0.15, 0.2) is 8.32 Å². The number of hydrogen-bond acceptors (Lipinski definition) is 2. The van der Waals surface area contributed by atoms with E-state index in [0.717, 1.165) is 5.75 Å². The highest BCUT2D eigenvalue weighted by molar-refractivity contribution is 6.69. The van der Waals surface area contributed by atoms with E-state index in [1.165, 1.54) is 11.1 Å². The van der Waals surface area contributed by atoms with E-state index in [2.05, 4.69) is 56.0 Å². The van der Waals surface area contributed by atoms with Gasteiger partial charge >= 0.3 is 0 Å². The van der Waals surface area contributed by atoms with E-state index in [0.29, 0.717) is 0 Å². The van der Waals surface area contributed by atoms with Crippen LogP contribution in [0.2, 0.25) is 19.6 Å². The van der Waals surface area contributed by atoms with Crippen molar-refractivity contribution in [3.05, 3.63) is 65.7 Å². The average Bonchev–Trinajstić information content (AvgIpc) is 2.45. The molecule has 0 radical (unpaired) electrons. The van der Waals surface area contributed by atoms with Crippen LogP contribution in [-0.2, 0) is 4.43 Å². The van der Waals surface area contributed by atoms with Crippen LogP contribution in [0.3, 0.4) is 0 Å². The van der Waals surface area contributed by atoms with Gasteiger partial charge < -0.3 is 9.16 Å². The summed E-state index contributed by atoms with van der Waals surface area (Å²) < 4.78 is 11.6. The first kappa shape index (κ1) is 14.8. The maximum atomic E-state index is 6.38. The lowest BCUT2D eigenvalue weighted by atomic mass is 10.0. The first-order chi connectivity index (χ1) is 9.49. The fourth-order valence-electron chi connectivity index (χ4n) is 2.09. The van der Waals surface area contributed by atoms with Crippen LogP contribution in [0, 0.1) is 0 Å². The molecule has 20 heavy (non-hydrogen) atoms. The molecule has 106 valence electrons. The molecule has 2 rings (SSSR count). The van der Waals surface area contributed by atoms with Crippen molar-refractivity contribution in [2.24, 2.45) is 0 Å². The summed E-state index contributed by atoms with van der Waals surface area (Å²) >= 11 is 0. The predicted molar refractivity (Wildman–Crippen MR) is 85.7 cm³/mol. The second kappa shape index (κ2) is 6.24. The van der Waals surface area contributed by atoms with Gasteiger partial charge in [-0.1, -0.05) is 42.5 Å². The Balaban J connectivity index is 2.35. The lowest BCUT2D eigenvalue weighted by Crippen LogP contribution is -2.28. The van der Waals surface area contributed by atoms with Crippen LogP contribution in [0.5, 0.6) is 5.75 Å². The molecule has 0 bridgehead atoms. The molecule has 2 nitrogen and oxygen atoms in total. The molecule has 0 N–H and O–H groups in total. The smallest absolute Gasteiger partial charge is 0.185 e. The molecule has 0 aromatic heterocycles. The summed E-state index contributed by atoms with van der Waals surface area (Å²) in [6.07, 6.45) is -0.00577. The number of rotatable bonds is 5. The van der Waals surface area contributed by atoms with Gasteiger partial charge in [-0.3, -0.25) is 0 Å². The van der Waals surface area contributed by atoms with Gasteiger partial charge in [0.1, 0.15) is 5.75 Å². The SMILES string of the molecule is COc1ccc(C(O[Si](C)(C)C)c2ccccc2)cc1. The molecule has 0 fully saturated rings. The number of hydrogen-bond donors (Lipinski definition) is 0. The third kappa shape index (κ3) is 3.95. The average molecular weight is 286 g/mol. The van der Waals surface area contributed by atoms with E-state index in [4.69, 9.17) is 9.16 Å². The standard InChI is InChI=1S/C17H22O2Si/c1-18-16-12-10-15(11-13-16)17(19-20(2,3)4)14-8-6-5-7-9-14/h5-13,17H,1-4H3. The Hall–Kier alpha value is -1.58. The van der Waals surface area contributed by atoms with E-state index in [9.17, 15) is 0 Å². The summed E-state index contributed by atoms with van der Waals surface area (Å²) in [4.78, 5) is 0. The molecule has 1 unspecified atom stereocenters. The molecule has 0 amide bonds. The Labute approximate surface area is 122 Å². The summed E-state index contributed by atoms with van der Waals surface area (Å²) in [5.41, 5.74) is 2.36. The monoisotopic (exact) mass is 286 g/mol. The molecule has 2 aromatic carbocycles. The Morgan fingerprint density at radius 2 is 1.35 bits per heavy atom. The minimum atomic E-state index is -1.64.